The van der Waals surface area contributed by atoms with Crippen LogP contribution < -0.4 is 5.32 Å². The number of nitrogens with one attached hydrogen (secondary N) is 1. The van der Waals surface area contributed by atoms with Gasteiger partial charge >= 0.3 is 0 Å². The van der Waals surface area contributed by atoms with Crippen LogP contribution in [0.2, 0.25) is 0 Å². The molecule has 1 N–H and O–H groups in total. The first-order valence-electron chi connectivity index (χ1n) is 7.32. The van der Waals surface area contributed by atoms with Gasteiger partial charge in [-0.15, -0.1) is 0 Å². The van der Waals surface area contributed by atoms with Crippen molar-refractivity contribution in [2.24, 2.45) is 5.41 Å². The Hall–Kier alpha value is -0.340. The molecular weight excluding hydrogens is 298 g/mol. The highest BCUT2D eigenvalue weighted by atomic mass is 79.9. The smallest absolute Gasteiger partial charge is 0.0320 e. The molecule has 0 aliphatic rings. The summed E-state index contributed by atoms with van der Waals surface area (Å²) in [5, 5.41) is 3.69. The lowest BCUT2D eigenvalue weighted by Crippen LogP contribution is -2.23. The van der Waals surface area contributed by atoms with E-state index in [0.717, 1.165) is 6.54 Å². The molecule has 0 aromatic heterocycles. The third kappa shape index (κ3) is 6.58. The molecule has 0 radical (unpaired) electrons. The van der Waals surface area contributed by atoms with E-state index >= 15 is 0 Å². The van der Waals surface area contributed by atoms with Gasteiger partial charge in [-0.25, -0.2) is 0 Å². The topological polar surface area (TPSA) is 12.0 Å². The van der Waals surface area contributed by atoms with Crippen LogP contribution in [-0.2, 0) is 0 Å². The first kappa shape index (κ1) is 16.7. The summed E-state index contributed by atoms with van der Waals surface area (Å²) in [4.78, 5) is 0. The van der Waals surface area contributed by atoms with Crippen molar-refractivity contribution in [3.05, 3.63) is 33.8 Å². The summed E-state index contributed by atoms with van der Waals surface area (Å²) < 4.78 is 1.18. The Bertz CT molecular complexity index is 372. The predicted octanol–water partition coefficient (Wildman–Crippen LogP) is 5.62. The van der Waals surface area contributed by atoms with Crippen molar-refractivity contribution in [3.63, 3.8) is 0 Å². The van der Waals surface area contributed by atoms with Gasteiger partial charge in [-0.3, -0.25) is 0 Å². The SMILES string of the molecule is CCCNC(CCC(C)(C)C)c1cc(C)cc(Br)c1. The predicted molar refractivity (Wildman–Crippen MR) is 88.6 cm³/mol. The van der Waals surface area contributed by atoms with E-state index in [9.17, 15) is 0 Å². The van der Waals surface area contributed by atoms with E-state index in [1.807, 2.05) is 0 Å². The number of hydrogen-bond acceptors (Lipinski definition) is 1. The zero-order valence-corrected chi connectivity index (χ0v) is 14.6. The van der Waals surface area contributed by atoms with E-state index in [1.54, 1.807) is 0 Å². The standard InChI is InChI=1S/C17H28BrN/c1-6-9-19-16(7-8-17(3,4)5)14-10-13(2)11-15(18)12-14/h10-12,16,19H,6-9H2,1-5H3. The average Bonchev–Trinajstić information content (AvgIpc) is 2.26. The molecule has 1 aromatic carbocycles. The molecule has 0 aliphatic carbocycles. The minimum absolute atomic E-state index is 0.396. The largest absolute Gasteiger partial charge is 0.310 e. The third-order valence-corrected chi connectivity index (χ3v) is 3.75. The highest BCUT2D eigenvalue weighted by molar-refractivity contribution is 9.10. The third-order valence-electron chi connectivity index (χ3n) is 3.29. The second-order valence-corrected chi connectivity index (χ2v) is 7.58. The van der Waals surface area contributed by atoms with Gasteiger partial charge in [-0.1, -0.05) is 49.7 Å². The zero-order valence-electron chi connectivity index (χ0n) is 13.0. The lowest BCUT2D eigenvalue weighted by molar-refractivity contribution is 0.332. The Morgan fingerprint density at radius 3 is 2.42 bits per heavy atom. The number of hydrogen-bond donors (Lipinski definition) is 1. The van der Waals surface area contributed by atoms with Crippen LogP contribution in [0.25, 0.3) is 0 Å². The van der Waals surface area contributed by atoms with E-state index in [-0.39, 0.29) is 0 Å². The second kappa shape index (κ2) is 7.44. The fourth-order valence-corrected chi connectivity index (χ4v) is 2.87. The van der Waals surface area contributed by atoms with Gasteiger partial charge in [0.1, 0.15) is 0 Å². The number of halogens is 1. The normalized spacial score (nSPS) is 13.6. The van der Waals surface area contributed by atoms with E-state index in [4.69, 9.17) is 0 Å². The molecule has 19 heavy (non-hydrogen) atoms. The lowest BCUT2D eigenvalue weighted by atomic mass is 9.87. The molecule has 0 aliphatic heterocycles. The molecule has 1 unspecified atom stereocenters. The fraction of sp³-hybridized carbons (Fsp3) is 0.647. The number of benzene rings is 1. The molecule has 1 aromatic rings. The summed E-state index contributed by atoms with van der Waals surface area (Å²) in [6, 6.07) is 7.20. The Kier molecular flexibility index (Phi) is 6.55. The maximum Gasteiger partial charge on any atom is 0.0320 e. The Balaban J connectivity index is 2.82. The van der Waals surface area contributed by atoms with Gasteiger partial charge in [0, 0.05) is 10.5 Å². The van der Waals surface area contributed by atoms with Crippen LogP contribution in [0, 0.1) is 12.3 Å². The van der Waals surface area contributed by atoms with Crippen molar-refractivity contribution in [1.82, 2.24) is 5.32 Å². The van der Waals surface area contributed by atoms with Crippen LogP contribution in [0.4, 0.5) is 0 Å². The summed E-state index contributed by atoms with van der Waals surface area (Å²) in [6.07, 6.45) is 3.61. The minimum Gasteiger partial charge on any atom is -0.310 e. The molecule has 0 saturated heterocycles. The summed E-state index contributed by atoms with van der Waals surface area (Å²) in [5.41, 5.74) is 3.13. The molecule has 0 fully saturated rings. The first-order chi connectivity index (χ1) is 8.81. The van der Waals surface area contributed by atoms with E-state index < -0.39 is 0 Å². The molecule has 0 heterocycles. The average molecular weight is 326 g/mol. The molecule has 0 saturated carbocycles. The van der Waals surface area contributed by atoms with Crippen molar-refractivity contribution in [1.29, 1.82) is 0 Å². The van der Waals surface area contributed by atoms with Crippen molar-refractivity contribution >= 4 is 15.9 Å². The van der Waals surface area contributed by atoms with Crippen molar-refractivity contribution in [2.45, 2.75) is 59.9 Å². The Labute approximate surface area is 127 Å². The van der Waals surface area contributed by atoms with Crippen LogP contribution in [-0.4, -0.2) is 6.54 Å². The fourth-order valence-electron chi connectivity index (χ4n) is 2.25. The minimum atomic E-state index is 0.396. The maximum atomic E-state index is 3.69. The molecule has 108 valence electrons. The summed E-state index contributed by atoms with van der Waals surface area (Å²) >= 11 is 3.61. The molecular formula is C17H28BrN. The van der Waals surface area contributed by atoms with Gasteiger partial charge in [0.05, 0.1) is 0 Å². The van der Waals surface area contributed by atoms with Crippen LogP contribution in [0.15, 0.2) is 22.7 Å². The van der Waals surface area contributed by atoms with Crippen molar-refractivity contribution in [2.75, 3.05) is 6.54 Å². The van der Waals surface area contributed by atoms with E-state index in [1.165, 1.54) is 34.9 Å². The molecule has 1 atom stereocenters. The molecule has 0 amide bonds. The van der Waals surface area contributed by atoms with Crippen LogP contribution in [0.3, 0.4) is 0 Å². The molecule has 1 rings (SSSR count). The lowest BCUT2D eigenvalue weighted by Gasteiger charge is -2.25. The second-order valence-electron chi connectivity index (χ2n) is 6.67. The number of rotatable bonds is 6. The molecule has 1 nitrogen and oxygen atoms in total. The monoisotopic (exact) mass is 325 g/mol. The van der Waals surface area contributed by atoms with Crippen molar-refractivity contribution in [3.8, 4) is 0 Å². The van der Waals surface area contributed by atoms with Gasteiger partial charge in [-0.2, -0.15) is 0 Å². The van der Waals surface area contributed by atoms with Gasteiger partial charge < -0.3 is 5.32 Å². The maximum absolute atomic E-state index is 3.69. The quantitative estimate of drug-likeness (QED) is 0.715. The van der Waals surface area contributed by atoms with E-state index in [2.05, 4.69) is 74.1 Å². The summed E-state index contributed by atoms with van der Waals surface area (Å²) in [7, 11) is 0. The van der Waals surface area contributed by atoms with E-state index in [0.29, 0.717) is 11.5 Å². The van der Waals surface area contributed by atoms with Crippen LogP contribution in [0.5, 0.6) is 0 Å². The molecule has 0 spiro atoms. The Morgan fingerprint density at radius 2 is 1.89 bits per heavy atom. The van der Waals surface area contributed by atoms with Gasteiger partial charge in [0.2, 0.25) is 0 Å². The summed E-state index contributed by atoms with van der Waals surface area (Å²) in [5.74, 6) is 0. The van der Waals surface area contributed by atoms with Gasteiger partial charge in [0.25, 0.3) is 0 Å². The Morgan fingerprint density at radius 1 is 1.21 bits per heavy atom. The summed E-state index contributed by atoms with van der Waals surface area (Å²) in [6.45, 7) is 12.4. The van der Waals surface area contributed by atoms with Crippen LogP contribution >= 0.6 is 15.9 Å². The first-order valence-corrected chi connectivity index (χ1v) is 8.11. The van der Waals surface area contributed by atoms with Crippen LogP contribution in [0.1, 0.15) is 64.1 Å². The number of aryl methyl sites for hydroxylation is 1. The molecule has 2 heteroatoms. The highest BCUT2D eigenvalue weighted by Gasteiger charge is 2.16. The molecule has 0 bridgehead atoms. The van der Waals surface area contributed by atoms with Gasteiger partial charge in [0.15, 0.2) is 0 Å². The highest BCUT2D eigenvalue weighted by Crippen LogP contribution is 2.29. The van der Waals surface area contributed by atoms with Crippen molar-refractivity contribution < 1.29 is 0 Å². The zero-order chi connectivity index (χ0) is 14.5. The van der Waals surface area contributed by atoms with Gasteiger partial charge in [-0.05, 0) is 61.4 Å².